The van der Waals surface area contributed by atoms with E-state index in [0.717, 1.165) is 0 Å². The highest BCUT2D eigenvalue weighted by Crippen LogP contribution is 1.91. The van der Waals surface area contributed by atoms with E-state index < -0.39 is 18.0 Å². The first-order valence-corrected chi connectivity index (χ1v) is 5.03. The van der Waals surface area contributed by atoms with Crippen molar-refractivity contribution in [3.05, 3.63) is 0 Å². The third-order valence-electron chi connectivity index (χ3n) is 1.54. The van der Waals surface area contributed by atoms with Gasteiger partial charge in [-0.25, -0.2) is 4.58 Å². The molecule has 0 fully saturated rings. The van der Waals surface area contributed by atoms with Crippen molar-refractivity contribution >= 4 is 25.4 Å². The van der Waals surface area contributed by atoms with Crippen LogP contribution >= 0.6 is 0 Å². The minimum Gasteiger partial charge on any atom is -0.481 e. The second kappa shape index (κ2) is 11.7. The van der Waals surface area contributed by atoms with Crippen LogP contribution in [0.15, 0.2) is 4.99 Å². The van der Waals surface area contributed by atoms with E-state index in [-0.39, 0.29) is 26.1 Å². The maximum Gasteiger partial charge on any atom is 0.325 e. The Kier molecular flexibility index (Phi) is 12.0. The summed E-state index contributed by atoms with van der Waals surface area (Å²) in [7, 11) is 0. The Morgan fingerprint density at radius 2 is 1.83 bits per heavy atom. The molecule has 0 aromatic carbocycles. The summed E-state index contributed by atoms with van der Waals surface area (Å²) in [6.07, 6.45) is -1.22. The molecule has 0 rings (SSSR count). The van der Waals surface area contributed by atoms with Gasteiger partial charge in [-0.05, 0) is 6.72 Å². The lowest BCUT2D eigenvalue weighted by Gasteiger charge is -2.05. The molecule has 0 aliphatic carbocycles. The molecule has 0 aromatic rings. The van der Waals surface area contributed by atoms with Gasteiger partial charge in [-0.15, -0.1) is 0 Å². The van der Waals surface area contributed by atoms with Gasteiger partial charge >= 0.3 is 11.9 Å². The Morgan fingerprint density at radius 3 is 2.11 bits per heavy atom. The van der Waals surface area contributed by atoms with Crippen LogP contribution in [0.1, 0.15) is 6.42 Å². The fourth-order valence-corrected chi connectivity index (χ4v) is 0.893. The third-order valence-corrected chi connectivity index (χ3v) is 1.54. The normalized spacial score (nSPS) is 10.8. The molecule has 1 atom stereocenters. The maximum atomic E-state index is 10.1. The quantitative estimate of drug-likeness (QED) is 0.305. The summed E-state index contributed by atoms with van der Waals surface area (Å²) in [6, 6.07) is 0. The Bertz CT molecular complexity index is 292. The standard InChI is InChI=1S/C7H13NO4.C3H5NO2/c1-8(2-3-9)5-6(10)4-7(11)12;1-4-2-3(5)6/h6,9-10H,1-5H2;1-2H2,(H,5,6)/p+1. The van der Waals surface area contributed by atoms with Crippen LogP contribution in [0.25, 0.3) is 0 Å². The van der Waals surface area contributed by atoms with Crippen LogP contribution in [0.5, 0.6) is 0 Å². The summed E-state index contributed by atoms with van der Waals surface area (Å²) in [4.78, 5) is 22.7. The zero-order chi connectivity index (χ0) is 14.6. The molecule has 0 bridgehead atoms. The van der Waals surface area contributed by atoms with E-state index in [0.29, 0.717) is 6.54 Å². The van der Waals surface area contributed by atoms with E-state index in [9.17, 15) is 9.59 Å². The van der Waals surface area contributed by atoms with Crippen molar-refractivity contribution in [2.45, 2.75) is 12.5 Å². The number of carboxylic acid groups (broad SMARTS) is 2. The molecule has 0 spiro atoms. The number of hydrogen-bond donors (Lipinski definition) is 4. The van der Waals surface area contributed by atoms with Crippen LogP contribution in [0.4, 0.5) is 0 Å². The number of carbonyl (C=O) groups is 2. The van der Waals surface area contributed by atoms with Crippen molar-refractivity contribution in [2.75, 3.05) is 26.2 Å². The van der Waals surface area contributed by atoms with Crippen molar-refractivity contribution in [3.8, 4) is 0 Å². The Morgan fingerprint density at radius 1 is 1.28 bits per heavy atom. The van der Waals surface area contributed by atoms with Crippen LogP contribution in [-0.4, -0.2) is 82.7 Å². The van der Waals surface area contributed by atoms with E-state index in [1.807, 2.05) is 0 Å². The van der Waals surface area contributed by atoms with Gasteiger partial charge in [-0.3, -0.25) is 14.6 Å². The molecule has 8 heteroatoms. The molecule has 0 saturated carbocycles. The third kappa shape index (κ3) is 16.6. The van der Waals surface area contributed by atoms with Crippen LogP contribution in [0, 0.1) is 0 Å². The predicted molar refractivity (Wildman–Crippen MR) is 64.5 cm³/mol. The minimum atomic E-state index is -1.04. The number of aliphatic imine (C=N–C) groups is 1. The van der Waals surface area contributed by atoms with Crippen molar-refractivity contribution in [1.82, 2.24) is 0 Å². The number of aliphatic hydroxyl groups excluding tert-OH is 2. The SMILES string of the molecule is C=NCC(=O)O.C=[N+](CCO)CC(O)CC(=O)O. The van der Waals surface area contributed by atoms with Gasteiger partial charge in [0.2, 0.25) is 0 Å². The van der Waals surface area contributed by atoms with Crippen molar-refractivity contribution in [1.29, 1.82) is 0 Å². The van der Waals surface area contributed by atoms with Crippen LogP contribution in [0.3, 0.4) is 0 Å². The number of nitrogens with zero attached hydrogens (tertiary/aromatic N) is 2. The lowest BCUT2D eigenvalue weighted by molar-refractivity contribution is -0.530. The zero-order valence-electron chi connectivity index (χ0n) is 10.0. The number of aliphatic carboxylic acids is 2. The highest BCUT2D eigenvalue weighted by Gasteiger charge is 2.14. The molecule has 8 nitrogen and oxygen atoms in total. The van der Waals surface area contributed by atoms with Gasteiger partial charge in [0.05, 0.1) is 6.42 Å². The van der Waals surface area contributed by atoms with Crippen LogP contribution in [0.2, 0.25) is 0 Å². The highest BCUT2D eigenvalue weighted by atomic mass is 16.4. The fourth-order valence-electron chi connectivity index (χ4n) is 0.893. The molecule has 104 valence electrons. The summed E-state index contributed by atoms with van der Waals surface area (Å²) in [5, 5.41) is 33.6. The molecule has 18 heavy (non-hydrogen) atoms. The van der Waals surface area contributed by atoms with E-state index in [1.54, 1.807) is 0 Å². The average molecular weight is 263 g/mol. The Hall–Kier alpha value is -1.80. The van der Waals surface area contributed by atoms with E-state index in [1.165, 1.54) is 4.58 Å². The van der Waals surface area contributed by atoms with Gasteiger partial charge in [0.25, 0.3) is 0 Å². The van der Waals surface area contributed by atoms with Gasteiger partial charge in [-0.2, -0.15) is 0 Å². The molecule has 0 aromatic heterocycles. The summed E-state index contributed by atoms with van der Waals surface area (Å²) in [5.74, 6) is -1.98. The first-order chi connectivity index (χ1) is 8.33. The van der Waals surface area contributed by atoms with Gasteiger partial charge in [-0.1, -0.05) is 0 Å². The molecular weight excluding hydrogens is 244 g/mol. The first kappa shape index (κ1) is 18.6. The highest BCUT2D eigenvalue weighted by molar-refractivity contribution is 5.69. The summed E-state index contributed by atoms with van der Waals surface area (Å²) in [6.45, 7) is 6.71. The Balaban J connectivity index is 0. The molecule has 0 amide bonds. The Labute approximate surface area is 105 Å². The van der Waals surface area contributed by atoms with E-state index in [4.69, 9.17) is 20.4 Å². The molecule has 0 saturated heterocycles. The molecule has 1 unspecified atom stereocenters. The van der Waals surface area contributed by atoms with Gasteiger partial charge in [0.15, 0.2) is 13.1 Å². The number of hydrogen-bond acceptors (Lipinski definition) is 5. The number of carboxylic acids is 2. The smallest absolute Gasteiger partial charge is 0.325 e. The predicted octanol–water partition coefficient (Wildman–Crippen LogP) is -1.70. The molecule has 0 aliphatic heterocycles. The van der Waals surface area contributed by atoms with E-state index in [2.05, 4.69) is 18.4 Å². The summed E-state index contributed by atoms with van der Waals surface area (Å²) in [5.41, 5.74) is 0. The van der Waals surface area contributed by atoms with Gasteiger partial charge < -0.3 is 20.4 Å². The van der Waals surface area contributed by atoms with Crippen LogP contribution in [-0.2, 0) is 9.59 Å². The molecule has 0 aliphatic rings. The molecular formula is C10H19N2O6+. The van der Waals surface area contributed by atoms with Crippen LogP contribution < -0.4 is 0 Å². The number of aliphatic hydroxyl groups is 2. The van der Waals surface area contributed by atoms with Gasteiger partial charge in [0, 0.05) is 0 Å². The van der Waals surface area contributed by atoms with Crippen molar-refractivity contribution in [3.63, 3.8) is 0 Å². The average Bonchev–Trinajstić information content (AvgIpc) is 2.16. The second-order valence-electron chi connectivity index (χ2n) is 3.33. The van der Waals surface area contributed by atoms with E-state index >= 15 is 0 Å². The molecule has 0 heterocycles. The number of rotatable bonds is 8. The largest absolute Gasteiger partial charge is 0.481 e. The second-order valence-corrected chi connectivity index (χ2v) is 3.33. The molecule has 0 radical (unpaired) electrons. The zero-order valence-corrected chi connectivity index (χ0v) is 10.0. The monoisotopic (exact) mass is 263 g/mol. The minimum absolute atomic E-state index is 0.0523. The first-order valence-electron chi connectivity index (χ1n) is 5.03. The fraction of sp³-hybridized carbons (Fsp3) is 0.600. The summed E-state index contributed by atoms with van der Waals surface area (Å²) >= 11 is 0. The lowest BCUT2D eigenvalue weighted by Crippen LogP contribution is -2.27. The molecule has 4 N–H and O–H groups in total. The van der Waals surface area contributed by atoms with Gasteiger partial charge in [0.1, 0.15) is 26.0 Å². The van der Waals surface area contributed by atoms with Crippen molar-refractivity contribution in [2.24, 2.45) is 4.99 Å². The summed E-state index contributed by atoms with van der Waals surface area (Å²) < 4.78 is 1.42. The maximum absolute atomic E-state index is 10.1. The lowest BCUT2D eigenvalue weighted by atomic mass is 10.2. The topological polar surface area (TPSA) is 130 Å². The van der Waals surface area contributed by atoms with Crippen molar-refractivity contribution < 1.29 is 34.6 Å².